The number of aromatic nitrogens is 3. The molecule has 2 aromatic heterocycles. The summed E-state index contributed by atoms with van der Waals surface area (Å²) in [5.74, 6) is 4.69. The average molecular weight is 639 g/mol. The van der Waals surface area contributed by atoms with Crippen LogP contribution >= 0.6 is 35.3 Å². The average Bonchev–Trinajstić information content (AvgIpc) is 3.24. The zero-order chi connectivity index (χ0) is 30.8. The third-order valence-electron chi connectivity index (χ3n) is 6.52. The molecular weight excluding hydrogens is 611 g/mol. The van der Waals surface area contributed by atoms with Crippen molar-refractivity contribution < 1.29 is 22.0 Å². The Labute approximate surface area is 254 Å². The van der Waals surface area contributed by atoms with E-state index in [0.29, 0.717) is 33.5 Å². The van der Waals surface area contributed by atoms with Crippen LogP contribution in [0.5, 0.6) is 0 Å². The van der Waals surface area contributed by atoms with Gasteiger partial charge in [0, 0.05) is 29.4 Å². The molecule has 0 aliphatic rings. The highest BCUT2D eigenvalue weighted by Gasteiger charge is 2.32. The van der Waals surface area contributed by atoms with E-state index < -0.39 is 30.3 Å². The Morgan fingerprint density at radius 1 is 1.02 bits per heavy atom. The van der Waals surface area contributed by atoms with Crippen LogP contribution in [-0.2, 0) is 13.0 Å². The summed E-state index contributed by atoms with van der Waals surface area (Å²) in [6.45, 7) is 4.47. The summed E-state index contributed by atoms with van der Waals surface area (Å²) >= 11 is 9.27. The summed E-state index contributed by atoms with van der Waals surface area (Å²) in [7, 11) is 0. The van der Waals surface area contributed by atoms with E-state index in [2.05, 4.69) is 21.7 Å². The first-order chi connectivity index (χ1) is 19.7. The zero-order valence-electron chi connectivity index (χ0n) is 23.5. The molecule has 4 nitrogen and oxygen atoms in total. The number of rotatable bonds is 8. The lowest BCUT2D eigenvalue weighted by atomic mass is 9.90. The van der Waals surface area contributed by atoms with Gasteiger partial charge in [-0.15, -0.1) is 11.8 Å². The number of anilines is 1. The number of benzene rings is 2. The maximum Gasteiger partial charge on any atom is 0.408 e. The number of nitrogens with zero attached hydrogens (tertiary/aromatic N) is 3. The van der Waals surface area contributed by atoms with Crippen LogP contribution in [0.1, 0.15) is 43.6 Å². The number of alkyl halides is 3. The molecule has 42 heavy (non-hydrogen) atoms. The van der Waals surface area contributed by atoms with E-state index in [9.17, 15) is 22.0 Å². The maximum absolute atomic E-state index is 14.0. The number of nitrogens with one attached hydrogen (secondary N) is 1. The van der Waals surface area contributed by atoms with Crippen molar-refractivity contribution in [2.45, 2.75) is 50.6 Å². The van der Waals surface area contributed by atoms with Crippen LogP contribution in [0.3, 0.4) is 0 Å². The first-order valence-electron chi connectivity index (χ1n) is 12.8. The van der Waals surface area contributed by atoms with Gasteiger partial charge in [-0.3, -0.25) is 4.68 Å². The maximum atomic E-state index is 14.0. The van der Waals surface area contributed by atoms with Crippen molar-refractivity contribution in [1.82, 2.24) is 14.8 Å². The van der Waals surface area contributed by atoms with Crippen molar-refractivity contribution in [3.05, 3.63) is 76.1 Å². The topological polar surface area (TPSA) is 42.7 Å². The van der Waals surface area contributed by atoms with Crippen LogP contribution in [0.4, 0.5) is 27.8 Å². The fourth-order valence-corrected chi connectivity index (χ4v) is 5.27. The molecule has 4 rings (SSSR count). The number of thioether (sulfide) groups is 1. The fourth-order valence-electron chi connectivity index (χ4n) is 4.54. The fraction of sp³-hybridized carbons (Fsp3) is 0.333. The van der Waals surface area contributed by atoms with E-state index in [1.165, 1.54) is 24.1 Å². The van der Waals surface area contributed by atoms with Crippen molar-refractivity contribution in [1.29, 1.82) is 0 Å². The number of pyridine rings is 1. The predicted octanol–water partition coefficient (Wildman–Crippen LogP) is 9.12. The molecule has 2 aromatic carbocycles. The van der Waals surface area contributed by atoms with Crippen molar-refractivity contribution in [3.8, 4) is 23.0 Å². The number of halogens is 6. The van der Waals surface area contributed by atoms with E-state index in [0.717, 1.165) is 10.7 Å². The van der Waals surface area contributed by atoms with Crippen LogP contribution in [-0.4, -0.2) is 38.2 Å². The Kier molecular flexibility index (Phi) is 9.70. The number of hydrogen-bond donors (Lipinski definition) is 1. The Bertz CT molecular complexity index is 1650. The van der Waals surface area contributed by atoms with E-state index in [1.807, 2.05) is 27.0 Å². The van der Waals surface area contributed by atoms with Gasteiger partial charge in [-0.05, 0) is 68.3 Å². The minimum absolute atomic E-state index is 0.186. The van der Waals surface area contributed by atoms with Gasteiger partial charge in [0.2, 0.25) is 0 Å². The summed E-state index contributed by atoms with van der Waals surface area (Å²) in [6, 6.07) is 10.0. The van der Waals surface area contributed by atoms with Crippen molar-refractivity contribution >= 4 is 52.0 Å². The molecule has 1 N–H and O–H groups in total. The highest BCUT2D eigenvalue weighted by atomic mass is 35.5. The minimum Gasteiger partial charge on any atom is -0.313 e. The molecular formula is C30H28ClF5N4S2. The van der Waals surface area contributed by atoms with Gasteiger partial charge in [0.15, 0.2) is 5.82 Å². The third-order valence-corrected chi connectivity index (χ3v) is 8.35. The molecule has 12 heteroatoms. The molecule has 1 unspecified atom stereocenters. The van der Waals surface area contributed by atoms with Crippen LogP contribution in [0.25, 0.3) is 22.0 Å². The van der Waals surface area contributed by atoms with Gasteiger partial charge in [-0.25, -0.2) is 13.8 Å². The van der Waals surface area contributed by atoms with Crippen molar-refractivity contribution in [2.24, 2.45) is 0 Å². The predicted molar refractivity (Wildman–Crippen MR) is 164 cm³/mol. The molecule has 0 saturated heterocycles. The molecule has 4 aromatic rings. The number of hydrogen-bond acceptors (Lipinski definition) is 5. The third kappa shape index (κ3) is 7.52. The molecule has 0 spiro atoms. The van der Waals surface area contributed by atoms with Crippen LogP contribution in [0.2, 0.25) is 5.02 Å². The van der Waals surface area contributed by atoms with Gasteiger partial charge in [0.05, 0.1) is 26.4 Å². The number of fused-ring (bicyclic) bond motifs is 1. The van der Waals surface area contributed by atoms with Crippen LogP contribution < -0.4 is 4.72 Å². The highest BCUT2D eigenvalue weighted by molar-refractivity contribution is 8.00. The van der Waals surface area contributed by atoms with E-state index >= 15 is 0 Å². The van der Waals surface area contributed by atoms with Gasteiger partial charge in [-0.1, -0.05) is 42.5 Å². The summed E-state index contributed by atoms with van der Waals surface area (Å²) in [4.78, 5) is 4.83. The van der Waals surface area contributed by atoms with Crippen molar-refractivity contribution in [2.75, 3.05) is 17.2 Å². The molecule has 0 radical (unpaired) electrons. The SMILES string of the molecule is CSNc1nn(CC(F)(F)F)c2c(-c3ccc(C#CC(C)(C)SC)nc3C(C)Cc3cc(F)cc(F)c3)ccc(Cl)c12. The quantitative estimate of drug-likeness (QED) is 0.118. The molecule has 0 aliphatic heterocycles. The van der Waals surface area contributed by atoms with Crippen molar-refractivity contribution in [3.63, 3.8) is 0 Å². The lowest BCUT2D eigenvalue weighted by Gasteiger charge is -2.18. The van der Waals surface area contributed by atoms with E-state index in [1.54, 1.807) is 42.3 Å². The van der Waals surface area contributed by atoms with Crippen LogP contribution in [0.15, 0.2) is 42.5 Å². The largest absolute Gasteiger partial charge is 0.408 e. The van der Waals surface area contributed by atoms with Gasteiger partial charge >= 0.3 is 6.18 Å². The van der Waals surface area contributed by atoms with Crippen LogP contribution in [0, 0.1) is 23.5 Å². The van der Waals surface area contributed by atoms with Gasteiger partial charge < -0.3 is 4.72 Å². The summed E-state index contributed by atoms with van der Waals surface area (Å²) in [6.07, 6.45) is -0.648. The molecule has 2 heterocycles. The second-order valence-electron chi connectivity index (χ2n) is 10.2. The molecule has 0 bridgehead atoms. The molecule has 0 amide bonds. The highest BCUT2D eigenvalue weighted by Crippen LogP contribution is 2.41. The van der Waals surface area contributed by atoms with Gasteiger partial charge in [-0.2, -0.15) is 18.3 Å². The first-order valence-corrected chi connectivity index (χ1v) is 15.6. The molecule has 1 atom stereocenters. The summed E-state index contributed by atoms with van der Waals surface area (Å²) < 4.78 is 72.5. The zero-order valence-corrected chi connectivity index (χ0v) is 25.8. The first kappa shape index (κ1) is 32.0. The monoisotopic (exact) mass is 638 g/mol. The second-order valence-corrected chi connectivity index (χ2v) is 12.7. The summed E-state index contributed by atoms with van der Waals surface area (Å²) in [5.41, 5.74) is 2.55. The Balaban J connectivity index is 1.96. The normalized spacial score (nSPS) is 12.7. The molecule has 222 valence electrons. The van der Waals surface area contributed by atoms with Gasteiger partial charge in [0.25, 0.3) is 0 Å². The Hall–Kier alpha value is -2.94. The van der Waals surface area contributed by atoms with E-state index in [4.69, 9.17) is 16.6 Å². The summed E-state index contributed by atoms with van der Waals surface area (Å²) in [5, 5.41) is 4.78. The minimum atomic E-state index is -4.55. The lowest BCUT2D eigenvalue weighted by Crippen LogP contribution is -2.19. The standard InChI is InChI=1S/C30H28ClF5N4S2/c1-17(12-18-13-19(32)15-20(33)14-18)26-22(7-6-21(37-26)10-11-29(2,3)41-4)23-8-9-24(31)25-27(23)40(16-30(34,35)36)38-28(25)39-42-5/h6-9,13-15,17H,12,16H2,1-5H3,(H,38,39). The second kappa shape index (κ2) is 12.7. The molecule has 0 saturated carbocycles. The smallest absolute Gasteiger partial charge is 0.313 e. The molecule has 0 fully saturated rings. The Morgan fingerprint density at radius 3 is 2.31 bits per heavy atom. The Morgan fingerprint density at radius 2 is 1.69 bits per heavy atom. The van der Waals surface area contributed by atoms with E-state index in [-0.39, 0.29) is 27.5 Å². The lowest BCUT2D eigenvalue weighted by molar-refractivity contribution is -0.141. The molecule has 0 aliphatic carbocycles. The van der Waals surface area contributed by atoms with Gasteiger partial charge in [0.1, 0.15) is 23.9 Å².